The molecule has 0 radical (unpaired) electrons. The van der Waals surface area contributed by atoms with Crippen LogP contribution in [0, 0.1) is 0 Å². The quantitative estimate of drug-likeness (QED) is 0.368. The molecule has 1 unspecified atom stereocenters. The molecule has 0 aliphatic carbocycles. The van der Waals surface area contributed by atoms with E-state index in [2.05, 4.69) is 5.32 Å². The second kappa shape index (κ2) is 12.9. The molecule has 1 atom stereocenters. The van der Waals surface area contributed by atoms with E-state index in [1.165, 1.54) is 17.0 Å². The Balaban J connectivity index is 1.72. The molecule has 0 bridgehead atoms. The molecule has 10 nitrogen and oxygen atoms in total. The lowest BCUT2D eigenvalue weighted by Gasteiger charge is -2.32. The molecule has 11 heteroatoms. The third-order valence-corrected chi connectivity index (χ3v) is 8.32. The van der Waals surface area contributed by atoms with Crippen LogP contribution in [0.5, 0.6) is 17.2 Å². The molecule has 3 aromatic rings. The lowest BCUT2D eigenvalue weighted by molar-refractivity contribution is -0.139. The molecule has 0 saturated heterocycles. The zero-order valence-electron chi connectivity index (χ0n) is 23.6. The number of amides is 2. The van der Waals surface area contributed by atoms with E-state index in [1.807, 2.05) is 13.8 Å². The third kappa shape index (κ3) is 7.10. The van der Waals surface area contributed by atoms with E-state index in [4.69, 9.17) is 14.2 Å². The minimum atomic E-state index is -4.18. The van der Waals surface area contributed by atoms with E-state index in [0.717, 1.165) is 9.87 Å². The zero-order valence-corrected chi connectivity index (χ0v) is 24.4. The fourth-order valence-corrected chi connectivity index (χ4v) is 5.78. The number of anilines is 1. The van der Waals surface area contributed by atoms with Crippen LogP contribution in [-0.4, -0.2) is 64.1 Å². The first-order chi connectivity index (χ1) is 19.6. The van der Waals surface area contributed by atoms with Gasteiger partial charge in [-0.1, -0.05) is 30.3 Å². The minimum Gasteiger partial charge on any atom is -0.497 e. The van der Waals surface area contributed by atoms with E-state index in [0.29, 0.717) is 30.5 Å². The van der Waals surface area contributed by atoms with Gasteiger partial charge in [0, 0.05) is 18.7 Å². The van der Waals surface area contributed by atoms with Crippen molar-refractivity contribution in [1.82, 2.24) is 10.2 Å². The molecule has 1 heterocycles. The molecular formula is C30H35N3O7S. The van der Waals surface area contributed by atoms with Crippen LogP contribution in [0.4, 0.5) is 5.69 Å². The van der Waals surface area contributed by atoms with E-state index >= 15 is 0 Å². The molecule has 41 heavy (non-hydrogen) atoms. The Morgan fingerprint density at radius 1 is 0.927 bits per heavy atom. The molecule has 1 aliphatic heterocycles. The summed E-state index contributed by atoms with van der Waals surface area (Å²) < 4.78 is 45.4. The van der Waals surface area contributed by atoms with Gasteiger partial charge in [-0.25, -0.2) is 8.42 Å². The molecule has 218 valence electrons. The van der Waals surface area contributed by atoms with Crippen molar-refractivity contribution in [3.8, 4) is 17.2 Å². The van der Waals surface area contributed by atoms with Crippen molar-refractivity contribution < 1.29 is 32.2 Å². The Labute approximate surface area is 240 Å². The van der Waals surface area contributed by atoms with Crippen molar-refractivity contribution in [3.05, 3.63) is 78.4 Å². The normalized spacial score (nSPS) is 13.3. The largest absolute Gasteiger partial charge is 0.497 e. The van der Waals surface area contributed by atoms with Crippen LogP contribution in [0.3, 0.4) is 0 Å². The number of rotatable bonds is 11. The molecular weight excluding hydrogens is 546 g/mol. The Kier molecular flexibility index (Phi) is 9.38. The number of nitrogens with one attached hydrogen (secondary N) is 1. The van der Waals surface area contributed by atoms with Gasteiger partial charge < -0.3 is 24.4 Å². The summed E-state index contributed by atoms with van der Waals surface area (Å²) in [5.41, 5.74) is 0.982. The number of carbonyl (C=O) groups excluding carboxylic acids is 2. The van der Waals surface area contributed by atoms with Crippen molar-refractivity contribution in [2.24, 2.45) is 0 Å². The van der Waals surface area contributed by atoms with Crippen molar-refractivity contribution in [1.29, 1.82) is 0 Å². The van der Waals surface area contributed by atoms with Crippen molar-refractivity contribution >= 4 is 27.5 Å². The number of benzene rings is 3. The highest BCUT2D eigenvalue weighted by atomic mass is 32.2. The summed E-state index contributed by atoms with van der Waals surface area (Å²) in [6, 6.07) is 18.7. The summed E-state index contributed by atoms with van der Waals surface area (Å²) in [5, 5.41) is 2.84. The Morgan fingerprint density at radius 3 is 2.22 bits per heavy atom. The molecule has 0 saturated carbocycles. The minimum absolute atomic E-state index is 0.0231. The molecule has 0 fully saturated rings. The van der Waals surface area contributed by atoms with Gasteiger partial charge in [0.1, 0.15) is 31.5 Å². The Morgan fingerprint density at radius 2 is 1.59 bits per heavy atom. The van der Waals surface area contributed by atoms with Gasteiger partial charge in [-0.05, 0) is 62.7 Å². The molecule has 1 aliphatic rings. The maximum absolute atomic E-state index is 14.0. The smallest absolute Gasteiger partial charge is 0.264 e. The number of ether oxygens (including phenoxy) is 3. The Bertz CT molecular complexity index is 1460. The van der Waals surface area contributed by atoms with Gasteiger partial charge in [0.15, 0.2) is 11.5 Å². The van der Waals surface area contributed by atoms with E-state index in [9.17, 15) is 18.0 Å². The highest BCUT2D eigenvalue weighted by molar-refractivity contribution is 7.92. The van der Waals surface area contributed by atoms with Crippen LogP contribution in [0.1, 0.15) is 26.3 Å². The number of carbonyl (C=O) groups is 2. The average Bonchev–Trinajstić information content (AvgIpc) is 2.98. The zero-order chi connectivity index (χ0) is 29.6. The van der Waals surface area contributed by atoms with Gasteiger partial charge in [0.25, 0.3) is 10.0 Å². The molecule has 0 aromatic heterocycles. The topological polar surface area (TPSA) is 114 Å². The highest BCUT2D eigenvalue weighted by Crippen LogP contribution is 2.36. The van der Waals surface area contributed by atoms with Gasteiger partial charge >= 0.3 is 0 Å². The molecule has 4 rings (SSSR count). The summed E-state index contributed by atoms with van der Waals surface area (Å²) in [7, 11) is -2.63. The SMILES string of the molecule is COc1ccc(CN(C(=O)CN(c2ccc3c(c2)OCCO3)S(=O)(=O)c2ccccc2)C(C)C(=O)NC(C)C)cc1. The second-order valence-electron chi connectivity index (χ2n) is 9.86. The number of fused-ring (bicyclic) bond motifs is 1. The first kappa shape index (κ1) is 29.7. The van der Waals surface area contributed by atoms with Crippen molar-refractivity contribution in [2.45, 2.75) is 44.3 Å². The predicted octanol–water partition coefficient (Wildman–Crippen LogP) is 3.60. The first-order valence-electron chi connectivity index (χ1n) is 13.3. The Hall–Kier alpha value is -4.25. The number of methoxy groups -OCH3 is 1. The van der Waals surface area contributed by atoms with Crippen LogP contribution in [0.25, 0.3) is 0 Å². The van der Waals surface area contributed by atoms with E-state index in [-0.39, 0.29) is 29.1 Å². The van der Waals surface area contributed by atoms with Gasteiger partial charge in [-0.2, -0.15) is 0 Å². The maximum atomic E-state index is 14.0. The van der Waals surface area contributed by atoms with E-state index < -0.39 is 28.5 Å². The molecule has 1 N–H and O–H groups in total. The van der Waals surface area contributed by atoms with Crippen molar-refractivity contribution in [3.63, 3.8) is 0 Å². The summed E-state index contributed by atoms with van der Waals surface area (Å²) in [5.74, 6) is 0.619. The molecule has 3 aromatic carbocycles. The lowest BCUT2D eigenvalue weighted by atomic mass is 10.1. The summed E-state index contributed by atoms with van der Waals surface area (Å²) in [6.45, 7) is 5.51. The van der Waals surface area contributed by atoms with E-state index in [1.54, 1.807) is 74.7 Å². The van der Waals surface area contributed by atoms with Crippen LogP contribution in [0.15, 0.2) is 77.7 Å². The number of sulfonamides is 1. The third-order valence-electron chi connectivity index (χ3n) is 6.53. The van der Waals surface area contributed by atoms with Crippen molar-refractivity contribution in [2.75, 3.05) is 31.2 Å². The van der Waals surface area contributed by atoms with Gasteiger partial charge in [-0.3, -0.25) is 13.9 Å². The first-order valence-corrected chi connectivity index (χ1v) is 14.7. The predicted molar refractivity (Wildman–Crippen MR) is 155 cm³/mol. The number of hydrogen-bond acceptors (Lipinski definition) is 7. The van der Waals surface area contributed by atoms with Crippen LogP contribution >= 0.6 is 0 Å². The summed E-state index contributed by atoms with van der Waals surface area (Å²) >= 11 is 0. The summed E-state index contributed by atoms with van der Waals surface area (Å²) in [6.07, 6.45) is 0. The monoisotopic (exact) mass is 581 g/mol. The number of hydrogen-bond donors (Lipinski definition) is 1. The van der Waals surface area contributed by atoms with Gasteiger partial charge in [0.2, 0.25) is 11.8 Å². The number of nitrogens with zero attached hydrogens (tertiary/aromatic N) is 2. The van der Waals surface area contributed by atoms with Gasteiger partial charge in [0.05, 0.1) is 17.7 Å². The molecule has 2 amide bonds. The summed E-state index contributed by atoms with van der Waals surface area (Å²) in [4.78, 5) is 28.5. The van der Waals surface area contributed by atoms with Crippen LogP contribution in [-0.2, 0) is 26.2 Å². The lowest BCUT2D eigenvalue weighted by Crippen LogP contribution is -2.52. The van der Waals surface area contributed by atoms with Crippen LogP contribution in [0.2, 0.25) is 0 Å². The maximum Gasteiger partial charge on any atom is 0.264 e. The van der Waals surface area contributed by atoms with Gasteiger partial charge in [-0.15, -0.1) is 0 Å². The fourth-order valence-electron chi connectivity index (χ4n) is 4.35. The molecule has 0 spiro atoms. The van der Waals surface area contributed by atoms with Crippen LogP contribution < -0.4 is 23.8 Å². The standard InChI is InChI=1S/C30H35N3O7S/c1-21(2)31-30(35)22(3)32(19-23-10-13-25(38-4)14-11-23)29(34)20-33(41(36,37)26-8-6-5-7-9-26)24-12-15-27-28(18-24)40-17-16-39-27/h5-15,18,21-22H,16-17,19-20H2,1-4H3,(H,31,35). The second-order valence-corrected chi connectivity index (χ2v) is 11.7. The highest BCUT2D eigenvalue weighted by Gasteiger charge is 2.33. The fraction of sp³-hybridized carbons (Fsp3) is 0.333. The average molecular weight is 582 g/mol.